The van der Waals surface area contributed by atoms with Crippen LogP contribution in [0.5, 0.6) is 0 Å². The van der Waals surface area contributed by atoms with Crippen molar-refractivity contribution in [2.45, 2.75) is 31.7 Å². The van der Waals surface area contributed by atoms with Crippen LogP contribution in [0, 0.1) is 6.92 Å². The Labute approximate surface area is 167 Å². The van der Waals surface area contributed by atoms with E-state index in [2.05, 4.69) is 20.3 Å². The van der Waals surface area contributed by atoms with Crippen molar-refractivity contribution in [3.05, 3.63) is 48.4 Å². The van der Waals surface area contributed by atoms with Crippen LogP contribution in [0.1, 0.15) is 19.7 Å². The largest absolute Gasteiger partial charge is 0.441 e. The van der Waals surface area contributed by atoms with Gasteiger partial charge in [0.05, 0.1) is 10.9 Å². The number of sulfonamides is 1. The fourth-order valence-electron chi connectivity index (χ4n) is 2.65. The van der Waals surface area contributed by atoms with Gasteiger partial charge in [-0.2, -0.15) is 4.72 Å². The first kappa shape index (κ1) is 20.5. The van der Waals surface area contributed by atoms with Crippen LogP contribution in [0.15, 0.2) is 51.8 Å². The lowest BCUT2D eigenvalue weighted by molar-refractivity contribution is -0.117. The summed E-state index contributed by atoms with van der Waals surface area (Å²) in [5, 5.41) is 5.21. The van der Waals surface area contributed by atoms with Gasteiger partial charge in [-0.15, -0.1) is 0 Å². The van der Waals surface area contributed by atoms with E-state index in [-0.39, 0.29) is 10.8 Å². The maximum Gasteiger partial charge on any atom is 0.242 e. The number of aromatic nitrogens is 1. The highest BCUT2D eigenvalue weighted by Gasteiger charge is 2.22. The van der Waals surface area contributed by atoms with Gasteiger partial charge in [0.2, 0.25) is 21.8 Å². The molecule has 2 amide bonds. The Bertz CT molecular complexity index is 1170. The molecule has 0 spiro atoms. The first-order valence-corrected chi connectivity index (χ1v) is 10.2. The zero-order chi connectivity index (χ0) is 21.2. The Hall–Kier alpha value is -3.24. The highest BCUT2D eigenvalue weighted by molar-refractivity contribution is 7.89. The maximum absolute atomic E-state index is 12.5. The lowest BCUT2D eigenvalue weighted by Crippen LogP contribution is -2.41. The van der Waals surface area contributed by atoms with E-state index in [1.54, 1.807) is 25.1 Å². The number of anilines is 2. The molecule has 0 aliphatic heterocycles. The van der Waals surface area contributed by atoms with E-state index in [9.17, 15) is 18.0 Å². The van der Waals surface area contributed by atoms with Crippen LogP contribution in [0.4, 0.5) is 11.4 Å². The number of fused-ring (bicyclic) bond motifs is 1. The Kier molecular flexibility index (Phi) is 5.66. The number of carbonyl (C=O) groups is 2. The minimum absolute atomic E-state index is 0.0225. The molecule has 1 aromatic heterocycles. The number of nitrogens with zero attached hydrogens (tertiary/aromatic N) is 1. The molecule has 3 N–H and O–H groups in total. The number of amides is 2. The molecule has 0 aliphatic rings. The van der Waals surface area contributed by atoms with Crippen molar-refractivity contribution >= 4 is 44.3 Å². The molecule has 1 atom stereocenters. The van der Waals surface area contributed by atoms with Gasteiger partial charge < -0.3 is 15.1 Å². The summed E-state index contributed by atoms with van der Waals surface area (Å²) in [7, 11) is -3.92. The van der Waals surface area contributed by atoms with Crippen molar-refractivity contribution in [2.75, 3.05) is 10.6 Å². The number of benzene rings is 2. The third-order valence-corrected chi connectivity index (χ3v) is 5.53. The second-order valence-corrected chi connectivity index (χ2v) is 8.17. The summed E-state index contributed by atoms with van der Waals surface area (Å²) in [6.45, 7) is 4.52. The number of nitrogens with one attached hydrogen (secondary N) is 3. The van der Waals surface area contributed by atoms with Gasteiger partial charge in [0, 0.05) is 25.2 Å². The van der Waals surface area contributed by atoms with Gasteiger partial charge in [-0.25, -0.2) is 13.4 Å². The van der Waals surface area contributed by atoms with Gasteiger partial charge in [0.1, 0.15) is 5.52 Å². The molecular formula is C19H20N4O5S. The summed E-state index contributed by atoms with van der Waals surface area (Å²) in [5.74, 6) is -0.278. The van der Waals surface area contributed by atoms with Gasteiger partial charge in [-0.1, -0.05) is 0 Å². The van der Waals surface area contributed by atoms with Crippen LogP contribution < -0.4 is 15.4 Å². The van der Waals surface area contributed by atoms with Crippen LogP contribution in [0.25, 0.3) is 11.1 Å². The van der Waals surface area contributed by atoms with Crippen LogP contribution in [0.3, 0.4) is 0 Å². The highest BCUT2D eigenvalue weighted by atomic mass is 32.2. The number of hydrogen-bond acceptors (Lipinski definition) is 6. The molecule has 10 heteroatoms. The molecule has 3 rings (SSSR count). The number of rotatable bonds is 6. The molecule has 9 nitrogen and oxygen atoms in total. The van der Waals surface area contributed by atoms with Crippen molar-refractivity contribution in [1.82, 2.24) is 9.71 Å². The third-order valence-electron chi connectivity index (χ3n) is 3.97. The Balaban J connectivity index is 1.67. The number of carbonyl (C=O) groups excluding carboxylic acids is 2. The second-order valence-electron chi connectivity index (χ2n) is 6.45. The minimum atomic E-state index is -3.92. The first-order chi connectivity index (χ1) is 13.6. The van der Waals surface area contributed by atoms with Gasteiger partial charge in [-0.05, 0) is 49.4 Å². The molecule has 0 saturated heterocycles. The van der Waals surface area contributed by atoms with E-state index in [0.717, 1.165) is 0 Å². The number of hydrogen-bond donors (Lipinski definition) is 3. The van der Waals surface area contributed by atoms with Crippen LogP contribution in [0.2, 0.25) is 0 Å². The van der Waals surface area contributed by atoms with E-state index in [4.69, 9.17) is 4.42 Å². The number of oxazole rings is 1. The van der Waals surface area contributed by atoms with E-state index in [1.165, 1.54) is 38.1 Å². The SMILES string of the molecule is CC(=O)Nc1ccc(S(=O)(=O)N[C@@H](C)C(=O)Nc2ccc3oc(C)nc3c2)cc1. The van der Waals surface area contributed by atoms with Crippen molar-refractivity contribution in [1.29, 1.82) is 0 Å². The first-order valence-electron chi connectivity index (χ1n) is 8.72. The zero-order valence-corrected chi connectivity index (χ0v) is 16.8. The summed E-state index contributed by atoms with van der Waals surface area (Å²) in [6, 6.07) is 9.57. The maximum atomic E-state index is 12.5. The summed E-state index contributed by atoms with van der Waals surface area (Å²) in [4.78, 5) is 27.6. The van der Waals surface area contributed by atoms with Crippen molar-refractivity contribution in [2.24, 2.45) is 0 Å². The Morgan fingerprint density at radius 3 is 2.34 bits per heavy atom. The highest BCUT2D eigenvalue weighted by Crippen LogP contribution is 2.20. The van der Waals surface area contributed by atoms with Crippen LogP contribution >= 0.6 is 0 Å². The molecule has 1 heterocycles. The van der Waals surface area contributed by atoms with E-state index in [1.807, 2.05) is 0 Å². The molecule has 3 aromatic rings. The van der Waals surface area contributed by atoms with E-state index >= 15 is 0 Å². The summed E-state index contributed by atoms with van der Waals surface area (Å²) in [6.07, 6.45) is 0. The second kappa shape index (κ2) is 8.02. The van der Waals surface area contributed by atoms with Gasteiger partial charge >= 0.3 is 0 Å². The summed E-state index contributed by atoms with van der Waals surface area (Å²) in [5.41, 5.74) is 2.13. The third kappa shape index (κ3) is 4.98. The molecule has 2 aromatic carbocycles. The van der Waals surface area contributed by atoms with Gasteiger partial charge in [0.15, 0.2) is 11.5 Å². The standard InChI is InChI=1S/C19H20N4O5S/c1-11(19(25)22-15-6-9-18-17(10-15)21-13(3)28-18)23-29(26,27)16-7-4-14(5-8-16)20-12(2)24/h4-11,23H,1-3H3,(H,20,24)(H,22,25)/t11-/m0/s1. The molecule has 0 radical (unpaired) electrons. The predicted octanol–water partition coefficient (Wildman–Crippen LogP) is 2.40. The quantitative estimate of drug-likeness (QED) is 0.566. The predicted molar refractivity (Wildman–Crippen MR) is 108 cm³/mol. The zero-order valence-electron chi connectivity index (χ0n) is 16.0. The van der Waals surface area contributed by atoms with Crippen molar-refractivity contribution in [3.8, 4) is 0 Å². The summed E-state index contributed by atoms with van der Waals surface area (Å²) >= 11 is 0. The van der Waals surface area contributed by atoms with Crippen LogP contribution in [-0.2, 0) is 19.6 Å². The lowest BCUT2D eigenvalue weighted by Gasteiger charge is -2.15. The summed E-state index contributed by atoms with van der Waals surface area (Å²) < 4.78 is 32.7. The van der Waals surface area contributed by atoms with E-state index < -0.39 is 22.0 Å². The molecule has 0 saturated carbocycles. The fourth-order valence-corrected chi connectivity index (χ4v) is 3.85. The van der Waals surface area contributed by atoms with Crippen LogP contribution in [-0.4, -0.2) is 31.3 Å². The lowest BCUT2D eigenvalue weighted by atomic mass is 10.2. The smallest absolute Gasteiger partial charge is 0.242 e. The fraction of sp³-hybridized carbons (Fsp3) is 0.211. The van der Waals surface area contributed by atoms with Gasteiger partial charge in [0.25, 0.3) is 0 Å². The number of aryl methyl sites for hydroxylation is 1. The average Bonchev–Trinajstić information content (AvgIpc) is 3.00. The average molecular weight is 416 g/mol. The Morgan fingerprint density at radius 2 is 1.69 bits per heavy atom. The molecule has 0 bridgehead atoms. The minimum Gasteiger partial charge on any atom is -0.441 e. The van der Waals surface area contributed by atoms with Crippen molar-refractivity contribution in [3.63, 3.8) is 0 Å². The molecule has 0 aliphatic carbocycles. The topological polar surface area (TPSA) is 130 Å². The van der Waals surface area contributed by atoms with E-state index in [0.29, 0.717) is 28.4 Å². The molecule has 0 fully saturated rings. The van der Waals surface area contributed by atoms with Gasteiger partial charge in [-0.3, -0.25) is 9.59 Å². The molecular weight excluding hydrogens is 396 g/mol. The van der Waals surface area contributed by atoms with Crippen molar-refractivity contribution < 1.29 is 22.4 Å². The monoisotopic (exact) mass is 416 g/mol. The Morgan fingerprint density at radius 1 is 1.03 bits per heavy atom. The normalized spacial score (nSPS) is 12.5. The molecule has 152 valence electrons. The molecule has 0 unspecified atom stereocenters. The molecule has 29 heavy (non-hydrogen) atoms.